The summed E-state index contributed by atoms with van der Waals surface area (Å²) in [5.41, 5.74) is 17.2. The van der Waals surface area contributed by atoms with Crippen LogP contribution in [-0.2, 0) is 12.1 Å². The zero-order chi connectivity index (χ0) is 40.3. The lowest BCUT2D eigenvalue weighted by Crippen LogP contribution is -2.47. The molecule has 0 saturated carbocycles. The Labute approximate surface area is 355 Å². The number of fused-ring (bicyclic) bond motifs is 2. The van der Waals surface area contributed by atoms with Gasteiger partial charge in [-0.25, -0.2) is 4.72 Å². The molecule has 5 aliphatic rings. The summed E-state index contributed by atoms with van der Waals surface area (Å²) in [6, 6.07) is 32.9. The molecule has 5 nitrogen and oxygen atoms in total. The number of nitrogens with zero attached hydrogens (tertiary/aromatic N) is 4. The van der Waals surface area contributed by atoms with Gasteiger partial charge in [-0.1, -0.05) is 124 Å². The number of thiol groups is 1. The fraction of sp³-hybridized carbons (Fsp3) is 0.283. The van der Waals surface area contributed by atoms with Crippen LogP contribution in [0.1, 0.15) is 83.8 Å². The van der Waals surface area contributed by atoms with Crippen LogP contribution in [0.4, 0.5) is 28.4 Å². The molecule has 1 atom stereocenters. The molecule has 0 radical (unpaired) electrons. The maximum atomic E-state index is 5.31. The van der Waals surface area contributed by atoms with E-state index in [1.165, 1.54) is 78.1 Å². The van der Waals surface area contributed by atoms with Gasteiger partial charge in [0.05, 0.1) is 11.7 Å². The van der Waals surface area contributed by atoms with Gasteiger partial charge < -0.3 is 19.4 Å². The Kier molecular flexibility index (Phi) is 11.4. The molecular weight excluding hydrogens is 739 g/mol. The summed E-state index contributed by atoms with van der Waals surface area (Å²) in [4.78, 5) is 7.70. The molecule has 1 unspecified atom stereocenters. The molecule has 0 saturated heterocycles. The maximum Gasteiger partial charge on any atom is 0.0780 e. The van der Waals surface area contributed by atoms with Crippen molar-refractivity contribution in [1.29, 1.82) is 0 Å². The molecule has 4 aromatic carbocycles. The van der Waals surface area contributed by atoms with Gasteiger partial charge in [-0.05, 0) is 127 Å². The van der Waals surface area contributed by atoms with Crippen molar-refractivity contribution >= 4 is 63.0 Å². The number of hydrogen-bond donors (Lipinski definition) is 1. The highest BCUT2D eigenvalue weighted by Crippen LogP contribution is 2.48. The molecule has 2 aliphatic heterocycles. The minimum Gasteiger partial charge on any atom is -0.439 e. The fourth-order valence-electron chi connectivity index (χ4n) is 9.82. The van der Waals surface area contributed by atoms with Gasteiger partial charge in [0.25, 0.3) is 0 Å². The molecule has 300 valence electrons. The second-order valence-corrected chi connectivity index (χ2v) is 17.2. The van der Waals surface area contributed by atoms with Gasteiger partial charge in [-0.2, -0.15) is 0 Å². The SMILES string of the molecule is CCC1=c2c(C3=CC=C(N(c4ccccc4)C4C=CC=CC4)CC3)c3c(c(C4=CC=C(N(c5ccccc5)c5ccccc5)CC4)c2=C(CC)N(CC(C)C)C1)N[SH+][N-]3. The Bertz CT molecular complexity index is 2470. The number of benzene rings is 4. The zero-order valence-electron chi connectivity index (χ0n) is 35.0. The molecule has 4 aromatic rings. The van der Waals surface area contributed by atoms with Crippen LogP contribution < -0.4 is 25.0 Å². The van der Waals surface area contributed by atoms with E-state index >= 15 is 0 Å². The monoisotopic (exact) mass is 795 g/mol. The van der Waals surface area contributed by atoms with Crippen molar-refractivity contribution in [3.05, 3.63) is 177 Å². The van der Waals surface area contributed by atoms with Crippen molar-refractivity contribution in [2.24, 2.45) is 5.92 Å². The smallest absolute Gasteiger partial charge is 0.0780 e. The van der Waals surface area contributed by atoms with E-state index in [9.17, 15) is 0 Å². The number of hydrogen-bond acceptors (Lipinski definition) is 4. The van der Waals surface area contributed by atoms with E-state index in [2.05, 4.69) is 187 Å². The van der Waals surface area contributed by atoms with Gasteiger partial charge in [-0.3, -0.25) is 0 Å². The highest BCUT2D eigenvalue weighted by atomic mass is 32.2. The van der Waals surface area contributed by atoms with E-state index in [4.69, 9.17) is 4.72 Å². The molecule has 3 aliphatic carbocycles. The first-order chi connectivity index (χ1) is 29.0. The van der Waals surface area contributed by atoms with E-state index in [1.54, 1.807) is 0 Å². The third-order valence-electron chi connectivity index (χ3n) is 12.4. The number of rotatable bonds is 12. The van der Waals surface area contributed by atoms with Crippen molar-refractivity contribution < 1.29 is 0 Å². The van der Waals surface area contributed by atoms with Crippen molar-refractivity contribution in [2.45, 2.75) is 78.7 Å². The molecule has 0 amide bonds. The van der Waals surface area contributed by atoms with Gasteiger partial charge in [0.15, 0.2) is 0 Å². The van der Waals surface area contributed by atoms with Crippen LogP contribution in [0.3, 0.4) is 0 Å². The Hall–Kier alpha value is -5.59. The number of allylic oxidation sites excluding steroid dienone is 10. The van der Waals surface area contributed by atoms with Crippen LogP contribution in [0.2, 0.25) is 0 Å². The number of anilines is 4. The van der Waals surface area contributed by atoms with Gasteiger partial charge in [-0.15, -0.1) is 0 Å². The molecule has 1 N–H and O–H groups in total. The molecule has 6 heteroatoms. The lowest BCUT2D eigenvalue weighted by Gasteiger charge is -2.37. The average Bonchev–Trinajstić information content (AvgIpc) is 3.77. The van der Waals surface area contributed by atoms with E-state index in [1.807, 2.05) is 0 Å². The number of nitrogens with one attached hydrogen (secondary N) is 1. The van der Waals surface area contributed by atoms with Crippen molar-refractivity contribution in [3.8, 4) is 0 Å². The van der Waals surface area contributed by atoms with Crippen molar-refractivity contribution in [2.75, 3.05) is 27.6 Å². The molecule has 9 rings (SSSR count). The second kappa shape index (κ2) is 17.3. The standard InChI is InChI=1S/C53H57N5S/c1-5-38-36-56(35-37(3)4)47(6-2)51-48(38)49(39-27-31-45(32-28-39)57(41-19-11-7-12-20-41)42-21-13-8-14-22-42)52-53(55-59-54-52)50(51)40-29-33-46(34-30-40)58(43-23-15-9-16-24-43)44-25-17-10-18-26-44/h7-21,23-27,29,31,33,37,42,55,59H,5-6,22,28,30,32,34-36H2,1-4H3. The summed E-state index contributed by atoms with van der Waals surface area (Å²) < 4.78 is 9.14. The van der Waals surface area contributed by atoms with Gasteiger partial charge in [0, 0.05) is 70.2 Å². The van der Waals surface area contributed by atoms with E-state index < -0.39 is 0 Å². The van der Waals surface area contributed by atoms with Gasteiger partial charge in [0.1, 0.15) is 0 Å². The summed E-state index contributed by atoms with van der Waals surface area (Å²) in [7, 11) is 0. The van der Waals surface area contributed by atoms with Crippen LogP contribution in [0.15, 0.2) is 151 Å². The third-order valence-corrected chi connectivity index (χ3v) is 13.0. The average molecular weight is 796 g/mol. The molecule has 0 aromatic heterocycles. The molecule has 0 bridgehead atoms. The van der Waals surface area contributed by atoms with Crippen LogP contribution in [0.25, 0.3) is 27.1 Å². The summed E-state index contributed by atoms with van der Waals surface area (Å²) in [6.45, 7) is 11.5. The van der Waals surface area contributed by atoms with Gasteiger partial charge in [0.2, 0.25) is 0 Å². The largest absolute Gasteiger partial charge is 0.439 e. The fourth-order valence-corrected chi connectivity index (χ4v) is 10.5. The van der Waals surface area contributed by atoms with Crippen LogP contribution in [0, 0.1) is 5.92 Å². The summed E-state index contributed by atoms with van der Waals surface area (Å²) >= 11 is 0.905. The second-order valence-electron chi connectivity index (χ2n) is 16.6. The summed E-state index contributed by atoms with van der Waals surface area (Å²) in [6.07, 6.45) is 25.5. The first-order valence-corrected chi connectivity index (χ1v) is 22.6. The first kappa shape index (κ1) is 38.9. The molecule has 59 heavy (non-hydrogen) atoms. The van der Waals surface area contributed by atoms with Crippen LogP contribution in [-0.4, -0.2) is 24.0 Å². The van der Waals surface area contributed by atoms with E-state index in [-0.39, 0.29) is 0 Å². The lowest BCUT2D eigenvalue weighted by molar-refractivity contribution is 0.365. The molecule has 2 heterocycles. The first-order valence-electron chi connectivity index (χ1n) is 21.8. The Balaban J connectivity index is 1.22. The zero-order valence-corrected chi connectivity index (χ0v) is 35.9. The van der Waals surface area contributed by atoms with E-state index in [0.29, 0.717) is 12.0 Å². The van der Waals surface area contributed by atoms with Crippen molar-refractivity contribution in [1.82, 2.24) is 4.90 Å². The predicted octanol–water partition coefficient (Wildman–Crippen LogP) is 12.2. The highest BCUT2D eigenvalue weighted by molar-refractivity contribution is 7.83. The van der Waals surface area contributed by atoms with Crippen molar-refractivity contribution in [3.63, 3.8) is 0 Å². The van der Waals surface area contributed by atoms with Gasteiger partial charge >= 0.3 is 0 Å². The minimum atomic E-state index is 0.303. The molecule has 0 fully saturated rings. The molecular formula is C53H57N5S. The van der Waals surface area contributed by atoms with E-state index in [0.717, 1.165) is 75.9 Å². The third kappa shape index (κ3) is 7.60. The molecule has 0 spiro atoms. The van der Waals surface area contributed by atoms with Crippen LogP contribution >= 0.6 is 0 Å². The summed E-state index contributed by atoms with van der Waals surface area (Å²) in [5.74, 6) is 0.563. The minimum absolute atomic E-state index is 0.303. The Morgan fingerprint density at radius 1 is 0.712 bits per heavy atom. The quantitative estimate of drug-likeness (QED) is 0.114. The summed E-state index contributed by atoms with van der Waals surface area (Å²) in [5, 5.41) is 2.89. The Morgan fingerprint density at radius 2 is 1.34 bits per heavy atom. The Morgan fingerprint density at radius 3 is 1.90 bits per heavy atom. The lowest BCUT2D eigenvalue weighted by atomic mass is 9.82. The highest BCUT2D eigenvalue weighted by Gasteiger charge is 2.31. The topological polar surface area (TPSA) is 35.9 Å². The normalized spacial score (nSPS) is 18.3. The maximum absolute atomic E-state index is 5.31. The number of para-hydroxylation sites is 3. The predicted molar refractivity (Wildman–Crippen MR) is 256 cm³/mol. The van der Waals surface area contributed by atoms with Crippen LogP contribution in [0.5, 0.6) is 0 Å².